The van der Waals surface area contributed by atoms with E-state index in [1.165, 1.54) is 0 Å². The second-order valence-corrected chi connectivity index (χ2v) is 6.15. The normalized spacial score (nSPS) is 19.3. The molecule has 7 heteroatoms. The number of methoxy groups -OCH3 is 3. The molecule has 7 nitrogen and oxygen atoms in total. The van der Waals surface area contributed by atoms with Gasteiger partial charge in [-0.1, -0.05) is 0 Å². The van der Waals surface area contributed by atoms with Crippen molar-refractivity contribution in [3.63, 3.8) is 0 Å². The van der Waals surface area contributed by atoms with Gasteiger partial charge >= 0.3 is 5.97 Å². The summed E-state index contributed by atoms with van der Waals surface area (Å²) in [5.41, 5.74) is 0.902. The Balaban J connectivity index is 1.92. The van der Waals surface area contributed by atoms with Crippen LogP contribution in [0.5, 0.6) is 17.2 Å². The van der Waals surface area contributed by atoms with Crippen molar-refractivity contribution >= 4 is 11.9 Å². The number of carboxylic acid groups (broad SMARTS) is 1. The maximum absolute atomic E-state index is 12.1. The van der Waals surface area contributed by atoms with E-state index in [2.05, 4.69) is 5.32 Å². The van der Waals surface area contributed by atoms with E-state index in [-0.39, 0.29) is 17.9 Å². The Morgan fingerprint density at radius 2 is 1.76 bits per heavy atom. The summed E-state index contributed by atoms with van der Waals surface area (Å²) in [6.45, 7) is 0. The van der Waals surface area contributed by atoms with Crippen LogP contribution in [0.15, 0.2) is 12.1 Å². The van der Waals surface area contributed by atoms with Crippen LogP contribution in [0, 0.1) is 5.92 Å². The van der Waals surface area contributed by atoms with E-state index >= 15 is 0 Å². The third-order valence-electron chi connectivity index (χ3n) is 4.51. The van der Waals surface area contributed by atoms with Gasteiger partial charge in [-0.2, -0.15) is 0 Å². The van der Waals surface area contributed by atoms with Gasteiger partial charge in [0.25, 0.3) is 0 Å². The number of carboxylic acids is 1. The van der Waals surface area contributed by atoms with Gasteiger partial charge in [0.05, 0.1) is 27.2 Å². The van der Waals surface area contributed by atoms with Crippen LogP contribution in [0.2, 0.25) is 0 Å². The molecule has 138 valence electrons. The Labute approximate surface area is 147 Å². The topological polar surface area (TPSA) is 94.1 Å². The Hall–Kier alpha value is -2.44. The molecule has 1 fully saturated rings. The van der Waals surface area contributed by atoms with Crippen molar-refractivity contribution in [1.82, 2.24) is 5.32 Å². The monoisotopic (exact) mass is 351 g/mol. The standard InChI is InChI=1S/C18H25NO6/c1-23-14-8-11(9-15(24-2)17(14)25-3)4-7-16(20)19-13-6-5-12(10-13)18(21)22/h8-9,12-13H,4-7,10H2,1-3H3,(H,19,20)(H,21,22)/t12-,13+/m1/s1. The first-order valence-electron chi connectivity index (χ1n) is 8.29. The zero-order valence-electron chi connectivity index (χ0n) is 14.8. The lowest BCUT2D eigenvalue weighted by Crippen LogP contribution is -2.33. The van der Waals surface area contributed by atoms with E-state index in [4.69, 9.17) is 19.3 Å². The van der Waals surface area contributed by atoms with Gasteiger partial charge in [-0.15, -0.1) is 0 Å². The lowest BCUT2D eigenvalue weighted by molar-refractivity contribution is -0.141. The predicted octanol–water partition coefficient (Wildman–Crippen LogP) is 2.01. The largest absolute Gasteiger partial charge is 0.493 e. The molecule has 0 aromatic heterocycles. The van der Waals surface area contributed by atoms with Gasteiger partial charge in [-0.05, 0) is 43.4 Å². The molecule has 0 unspecified atom stereocenters. The number of aliphatic carboxylic acids is 1. The van der Waals surface area contributed by atoms with Crippen molar-refractivity contribution in [3.8, 4) is 17.2 Å². The minimum atomic E-state index is -0.783. The first-order valence-corrected chi connectivity index (χ1v) is 8.29. The molecular weight excluding hydrogens is 326 g/mol. The molecule has 0 heterocycles. The zero-order valence-corrected chi connectivity index (χ0v) is 14.8. The summed E-state index contributed by atoms with van der Waals surface area (Å²) >= 11 is 0. The molecule has 2 N–H and O–H groups in total. The lowest BCUT2D eigenvalue weighted by Gasteiger charge is -2.15. The molecule has 1 aliphatic carbocycles. The van der Waals surface area contributed by atoms with Crippen LogP contribution in [-0.2, 0) is 16.0 Å². The Bertz CT molecular complexity index is 605. The van der Waals surface area contributed by atoms with Crippen LogP contribution in [-0.4, -0.2) is 44.4 Å². The van der Waals surface area contributed by atoms with Crippen LogP contribution in [0.4, 0.5) is 0 Å². The van der Waals surface area contributed by atoms with Gasteiger partial charge in [0.2, 0.25) is 11.7 Å². The van der Waals surface area contributed by atoms with Crippen LogP contribution in [0.3, 0.4) is 0 Å². The minimum absolute atomic E-state index is 0.0476. The van der Waals surface area contributed by atoms with Crippen LogP contribution >= 0.6 is 0 Å². The van der Waals surface area contributed by atoms with Crippen LogP contribution in [0.25, 0.3) is 0 Å². The van der Waals surface area contributed by atoms with E-state index in [1.54, 1.807) is 21.3 Å². The lowest BCUT2D eigenvalue weighted by atomic mass is 10.1. The molecular formula is C18H25NO6. The number of carbonyl (C=O) groups excluding carboxylic acids is 1. The fourth-order valence-corrected chi connectivity index (χ4v) is 3.17. The summed E-state index contributed by atoms with van der Waals surface area (Å²) < 4.78 is 15.9. The summed E-state index contributed by atoms with van der Waals surface area (Å²) in [6, 6.07) is 3.60. The van der Waals surface area contributed by atoms with Crippen molar-refractivity contribution in [2.45, 2.75) is 38.1 Å². The smallest absolute Gasteiger partial charge is 0.306 e. The maximum Gasteiger partial charge on any atom is 0.306 e. The maximum atomic E-state index is 12.1. The average Bonchev–Trinajstić information content (AvgIpc) is 3.07. The summed E-state index contributed by atoms with van der Waals surface area (Å²) in [7, 11) is 4.64. The number of aryl methyl sites for hydroxylation is 1. The fourth-order valence-electron chi connectivity index (χ4n) is 3.17. The van der Waals surface area contributed by atoms with E-state index < -0.39 is 5.97 Å². The number of ether oxygens (including phenoxy) is 3. The molecule has 2 rings (SSSR count). The van der Waals surface area contributed by atoms with Gasteiger partial charge in [-0.25, -0.2) is 0 Å². The molecule has 25 heavy (non-hydrogen) atoms. The van der Waals surface area contributed by atoms with Gasteiger partial charge in [-0.3, -0.25) is 9.59 Å². The fraction of sp³-hybridized carbons (Fsp3) is 0.556. The number of rotatable bonds is 8. The molecule has 0 saturated heterocycles. The molecule has 1 aromatic carbocycles. The molecule has 0 aliphatic heterocycles. The summed E-state index contributed by atoms with van der Waals surface area (Å²) in [5, 5.41) is 11.9. The molecule has 0 spiro atoms. The first-order chi connectivity index (χ1) is 12.0. The highest BCUT2D eigenvalue weighted by atomic mass is 16.5. The summed E-state index contributed by atoms with van der Waals surface area (Å²) in [5.74, 6) is 0.415. The van der Waals surface area contributed by atoms with Crippen LogP contribution in [0.1, 0.15) is 31.2 Å². The first kappa shape index (κ1) is 18.9. The minimum Gasteiger partial charge on any atom is -0.493 e. The highest BCUT2D eigenvalue weighted by Crippen LogP contribution is 2.38. The molecule has 2 atom stereocenters. The third-order valence-corrected chi connectivity index (χ3v) is 4.51. The second kappa shape index (κ2) is 8.60. The van der Waals surface area contributed by atoms with Gasteiger partial charge in [0, 0.05) is 12.5 Å². The molecule has 1 amide bonds. The van der Waals surface area contributed by atoms with E-state index in [9.17, 15) is 9.59 Å². The van der Waals surface area contributed by atoms with E-state index in [0.717, 1.165) is 5.56 Å². The van der Waals surface area contributed by atoms with E-state index in [1.807, 2.05) is 12.1 Å². The highest BCUT2D eigenvalue weighted by Gasteiger charge is 2.30. The third kappa shape index (κ3) is 4.78. The average molecular weight is 351 g/mol. The zero-order chi connectivity index (χ0) is 18.4. The SMILES string of the molecule is COc1cc(CCC(=O)N[C@H]2CC[C@@H](C(=O)O)C2)cc(OC)c1OC. The molecule has 1 aliphatic rings. The number of nitrogens with one attached hydrogen (secondary N) is 1. The molecule has 1 saturated carbocycles. The van der Waals surface area contributed by atoms with Crippen molar-refractivity contribution in [2.75, 3.05) is 21.3 Å². The Kier molecular flexibility index (Phi) is 6.50. The van der Waals surface area contributed by atoms with Crippen molar-refractivity contribution < 1.29 is 28.9 Å². The van der Waals surface area contributed by atoms with Crippen molar-refractivity contribution in [1.29, 1.82) is 0 Å². The number of hydrogen-bond donors (Lipinski definition) is 2. The number of hydrogen-bond acceptors (Lipinski definition) is 5. The highest BCUT2D eigenvalue weighted by molar-refractivity contribution is 5.77. The van der Waals surface area contributed by atoms with Gasteiger partial charge < -0.3 is 24.6 Å². The predicted molar refractivity (Wildman–Crippen MR) is 91.3 cm³/mol. The van der Waals surface area contributed by atoms with Gasteiger partial charge in [0.15, 0.2) is 11.5 Å². The molecule has 0 bridgehead atoms. The second-order valence-electron chi connectivity index (χ2n) is 6.15. The number of amides is 1. The quantitative estimate of drug-likeness (QED) is 0.744. The number of benzene rings is 1. The Morgan fingerprint density at radius 3 is 2.24 bits per heavy atom. The van der Waals surface area contributed by atoms with Crippen LogP contribution < -0.4 is 19.5 Å². The Morgan fingerprint density at radius 1 is 1.12 bits per heavy atom. The number of carbonyl (C=O) groups is 2. The summed E-state index contributed by atoms with van der Waals surface area (Å²) in [4.78, 5) is 23.1. The van der Waals surface area contributed by atoms with E-state index in [0.29, 0.717) is 49.4 Å². The van der Waals surface area contributed by atoms with Crippen molar-refractivity contribution in [3.05, 3.63) is 17.7 Å². The molecule has 0 radical (unpaired) electrons. The van der Waals surface area contributed by atoms with Gasteiger partial charge in [0.1, 0.15) is 0 Å². The molecule has 1 aromatic rings. The van der Waals surface area contributed by atoms with Crippen molar-refractivity contribution in [2.24, 2.45) is 5.92 Å². The summed E-state index contributed by atoms with van der Waals surface area (Å²) in [6.07, 6.45) is 2.68.